The van der Waals surface area contributed by atoms with Crippen molar-refractivity contribution in [2.75, 3.05) is 19.9 Å². The van der Waals surface area contributed by atoms with E-state index in [1.807, 2.05) is 53.4 Å². The SMILES string of the molecule is O=C(NCc1ccc2c(c1)OCO2)C1CCN(C(=O)Cc2ccccc2)CC1. The molecule has 1 N–H and O–H groups in total. The second kappa shape index (κ2) is 8.33. The maximum atomic E-state index is 12.5. The van der Waals surface area contributed by atoms with Crippen molar-refractivity contribution in [2.45, 2.75) is 25.8 Å². The lowest BCUT2D eigenvalue weighted by Gasteiger charge is -2.31. The van der Waals surface area contributed by atoms with Gasteiger partial charge in [-0.3, -0.25) is 9.59 Å². The second-order valence-electron chi connectivity index (χ2n) is 7.22. The fraction of sp³-hybridized carbons (Fsp3) is 0.364. The first-order valence-electron chi connectivity index (χ1n) is 9.67. The van der Waals surface area contributed by atoms with Crippen LogP contribution >= 0.6 is 0 Å². The van der Waals surface area contributed by atoms with Gasteiger partial charge in [-0.15, -0.1) is 0 Å². The topological polar surface area (TPSA) is 67.9 Å². The van der Waals surface area contributed by atoms with E-state index in [1.165, 1.54) is 0 Å². The van der Waals surface area contributed by atoms with E-state index < -0.39 is 0 Å². The van der Waals surface area contributed by atoms with Crippen molar-refractivity contribution in [3.05, 3.63) is 59.7 Å². The highest BCUT2D eigenvalue weighted by molar-refractivity contribution is 5.81. The minimum absolute atomic E-state index is 0.0465. The molecule has 28 heavy (non-hydrogen) atoms. The zero-order valence-electron chi connectivity index (χ0n) is 15.7. The van der Waals surface area contributed by atoms with E-state index in [9.17, 15) is 9.59 Å². The number of hydrogen-bond donors (Lipinski definition) is 1. The van der Waals surface area contributed by atoms with Crippen LogP contribution in [0.1, 0.15) is 24.0 Å². The van der Waals surface area contributed by atoms with Gasteiger partial charge in [-0.05, 0) is 36.1 Å². The first kappa shape index (κ1) is 18.3. The summed E-state index contributed by atoms with van der Waals surface area (Å²) in [7, 11) is 0. The Balaban J connectivity index is 1.23. The maximum absolute atomic E-state index is 12.5. The van der Waals surface area contributed by atoms with Gasteiger partial charge in [-0.25, -0.2) is 0 Å². The number of nitrogens with one attached hydrogen (secondary N) is 1. The van der Waals surface area contributed by atoms with Crippen LogP contribution in [-0.4, -0.2) is 36.6 Å². The van der Waals surface area contributed by atoms with Crippen LogP contribution < -0.4 is 14.8 Å². The average Bonchev–Trinajstić information content (AvgIpc) is 3.21. The molecule has 1 saturated heterocycles. The minimum Gasteiger partial charge on any atom is -0.454 e. The molecule has 2 aromatic rings. The molecule has 6 heteroatoms. The van der Waals surface area contributed by atoms with Gasteiger partial charge in [0, 0.05) is 25.6 Å². The number of carbonyl (C=O) groups is 2. The summed E-state index contributed by atoms with van der Waals surface area (Å²) in [4.78, 5) is 26.8. The molecule has 0 bridgehead atoms. The molecule has 1 fully saturated rings. The third kappa shape index (κ3) is 4.27. The van der Waals surface area contributed by atoms with Crippen LogP contribution in [0.2, 0.25) is 0 Å². The van der Waals surface area contributed by atoms with Crippen molar-refractivity contribution < 1.29 is 19.1 Å². The van der Waals surface area contributed by atoms with Gasteiger partial charge in [0.1, 0.15) is 0 Å². The third-order valence-corrected chi connectivity index (χ3v) is 5.32. The van der Waals surface area contributed by atoms with Gasteiger partial charge in [0.05, 0.1) is 6.42 Å². The van der Waals surface area contributed by atoms with Gasteiger partial charge < -0.3 is 19.7 Å². The molecule has 0 aliphatic carbocycles. The quantitative estimate of drug-likeness (QED) is 0.866. The molecule has 0 unspecified atom stereocenters. The second-order valence-corrected chi connectivity index (χ2v) is 7.22. The Morgan fingerprint density at radius 3 is 2.50 bits per heavy atom. The van der Waals surface area contributed by atoms with E-state index in [4.69, 9.17) is 9.47 Å². The lowest BCUT2D eigenvalue weighted by atomic mass is 9.95. The summed E-state index contributed by atoms with van der Waals surface area (Å²) in [6.45, 7) is 1.97. The van der Waals surface area contributed by atoms with Crippen LogP contribution in [0.25, 0.3) is 0 Å². The Bertz CT molecular complexity index is 845. The van der Waals surface area contributed by atoms with Crippen molar-refractivity contribution in [1.29, 1.82) is 0 Å². The third-order valence-electron chi connectivity index (χ3n) is 5.32. The molecule has 2 heterocycles. The van der Waals surface area contributed by atoms with Gasteiger partial charge in [-0.1, -0.05) is 36.4 Å². The molecule has 2 aromatic carbocycles. The summed E-state index contributed by atoms with van der Waals surface area (Å²) < 4.78 is 10.7. The Labute approximate surface area is 164 Å². The van der Waals surface area contributed by atoms with Crippen molar-refractivity contribution in [2.24, 2.45) is 5.92 Å². The largest absolute Gasteiger partial charge is 0.454 e. The highest BCUT2D eigenvalue weighted by atomic mass is 16.7. The van der Waals surface area contributed by atoms with Crippen LogP contribution in [0.5, 0.6) is 11.5 Å². The maximum Gasteiger partial charge on any atom is 0.231 e. The zero-order chi connectivity index (χ0) is 19.3. The van der Waals surface area contributed by atoms with Crippen molar-refractivity contribution >= 4 is 11.8 Å². The first-order chi connectivity index (χ1) is 13.7. The smallest absolute Gasteiger partial charge is 0.231 e. The van der Waals surface area contributed by atoms with E-state index in [2.05, 4.69) is 5.32 Å². The number of piperidine rings is 1. The Morgan fingerprint density at radius 2 is 1.71 bits per heavy atom. The lowest BCUT2D eigenvalue weighted by Crippen LogP contribution is -2.43. The molecule has 0 aromatic heterocycles. The van der Waals surface area contributed by atoms with Gasteiger partial charge in [0.25, 0.3) is 0 Å². The highest BCUT2D eigenvalue weighted by Crippen LogP contribution is 2.32. The first-order valence-corrected chi connectivity index (χ1v) is 9.67. The van der Waals surface area contributed by atoms with Crippen molar-refractivity contribution in [3.8, 4) is 11.5 Å². The van der Waals surface area contributed by atoms with E-state index in [0.29, 0.717) is 38.9 Å². The van der Waals surface area contributed by atoms with E-state index in [1.54, 1.807) is 0 Å². The number of fused-ring (bicyclic) bond motifs is 1. The normalized spacial score (nSPS) is 16.1. The standard InChI is InChI=1S/C22H24N2O4/c25-21(13-16-4-2-1-3-5-16)24-10-8-18(9-11-24)22(26)23-14-17-6-7-19-20(12-17)28-15-27-19/h1-7,12,18H,8-11,13-15H2,(H,23,26). The van der Waals surface area contributed by atoms with Gasteiger partial charge >= 0.3 is 0 Å². The van der Waals surface area contributed by atoms with Gasteiger partial charge in [0.2, 0.25) is 18.6 Å². The molecule has 0 spiro atoms. The molecule has 4 rings (SSSR count). The van der Waals surface area contributed by atoms with Crippen LogP contribution in [0.4, 0.5) is 0 Å². The number of benzene rings is 2. The number of amides is 2. The predicted octanol–water partition coefficient (Wildman–Crippen LogP) is 2.51. The number of carbonyl (C=O) groups excluding carboxylic acids is 2. The molecule has 0 radical (unpaired) electrons. The Morgan fingerprint density at radius 1 is 0.964 bits per heavy atom. The van der Waals surface area contributed by atoms with E-state index in [0.717, 1.165) is 22.6 Å². The van der Waals surface area contributed by atoms with Crippen LogP contribution in [0, 0.1) is 5.92 Å². The van der Waals surface area contributed by atoms with Gasteiger partial charge in [0.15, 0.2) is 11.5 Å². The molecular formula is C22H24N2O4. The Kier molecular flexibility index (Phi) is 5.46. The van der Waals surface area contributed by atoms with Crippen molar-refractivity contribution in [1.82, 2.24) is 10.2 Å². The van der Waals surface area contributed by atoms with Crippen LogP contribution in [-0.2, 0) is 22.6 Å². The van der Waals surface area contributed by atoms with E-state index >= 15 is 0 Å². The summed E-state index contributed by atoms with van der Waals surface area (Å²) in [5.74, 6) is 1.59. The fourth-order valence-corrected chi connectivity index (χ4v) is 3.66. The van der Waals surface area contributed by atoms with Crippen LogP contribution in [0.3, 0.4) is 0 Å². The van der Waals surface area contributed by atoms with Crippen molar-refractivity contribution in [3.63, 3.8) is 0 Å². The summed E-state index contributed by atoms with van der Waals surface area (Å²) in [6, 6.07) is 15.5. The number of nitrogens with zero attached hydrogens (tertiary/aromatic N) is 1. The predicted molar refractivity (Wildman–Crippen MR) is 104 cm³/mol. The molecular weight excluding hydrogens is 356 g/mol. The molecule has 146 valence electrons. The lowest BCUT2D eigenvalue weighted by molar-refractivity contribution is -0.135. The fourth-order valence-electron chi connectivity index (χ4n) is 3.66. The number of hydrogen-bond acceptors (Lipinski definition) is 4. The molecule has 0 atom stereocenters. The average molecular weight is 380 g/mol. The summed E-state index contributed by atoms with van der Waals surface area (Å²) in [5, 5.41) is 3.00. The monoisotopic (exact) mass is 380 g/mol. The Hall–Kier alpha value is -3.02. The minimum atomic E-state index is -0.0465. The summed E-state index contributed by atoms with van der Waals surface area (Å²) in [5.41, 5.74) is 2.00. The summed E-state index contributed by atoms with van der Waals surface area (Å²) in [6.07, 6.45) is 1.82. The summed E-state index contributed by atoms with van der Waals surface area (Å²) >= 11 is 0. The molecule has 2 aliphatic heterocycles. The highest BCUT2D eigenvalue weighted by Gasteiger charge is 2.27. The zero-order valence-corrected chi connectivity index (χ0v) is 15.7. The number of ether oxygens (including phenoxy) is 2. The number of likely N-dealkylation sites (tertiary alicyclic amines) is 1. The molecule has 6 nitrogen and oxygen atoms in total. The number of rotatable bonds is 5. The van der Waals surface area contributed by atoms with Crippen LogP contribution in [0.15, 0.2) is 48.5 Å². The molecule has 0 saturated carbocycles. The van der Waals surface area contributed by atoms with Gasteiger partial charge in [-0.2, -0.15) is 0 Å². The van der Waals surface area contributed by atoms with E-state index in [-0.39, 0.29) is 24.5 Å². The molecule has 2 amide bonds. The molecule has 2 aliphatic rings.